The van der Waals surface area contributed by atoms with Gasteiger partial charge >= 0.3 is 0 Å². The van der Waals surface area contributed by atoms with Crippen LogP contribution >= 0.6 is 0 Å². The Morgan fingerprint density at radius 1 is 1.06 bits per heavy atom. The molecule has 0 aliphatic heterocycles. The number of imidazole rings is 1. The van der Waals surface area contributed by atoms with Crippen LogP contribution in [0.4, 0.5) is 4.39 Å². The molecule has 1 aromatic heterocycles. The van der Waals surface area contributed by atoms with Gasteiger partial charge in [-0.05, 0) is 18.2 Å². The zero-order valence-electron chi connectivity index (χ0n) is 9.47. The van der Waals surface area contributed by atoms with E-state index in [4.69, 9.17) is 0 Å². The van der Waals surface area contributed by atoms with Crippen LogP contribution in [0.25, 0.3) is 11.0 Å². The first-order valence-electron chi connectivity index (χ1n) is 5.63. The van der Waals surface area contributed by atoms with E-state index in [1.807, 2.05) is 24.3 Å². The third-order valence-corrected chi connectivity index (χ3v) is 2.87. The molecule has 0 amide bonds. The summed E-state index contributed by atoms with van der Waals surface area (Å²) in [4.78, 5) is 7.25. The van der Waals surface area contributed by atoms with Gasteiger partial charge in [0.15, 0.2) is 0 Å². The van der Waals surface area contributed by atoms with Gasteiger partial charge in [0.05, 0.1) is 11.0 Å². The number of hydrogen-bond acceptors (Lipinski definition) is 2. The lowest BCUT2D eigenvalue weighted by Gasteiger charge is -2.08. The van der Waals surface area contributed by atoms with E-state index < -0.39 is 11.9 Å². The van der Waals surface area contributed by atoms with Crippen LogP contribution < -0.4 is 0 Å². The Balaban J connectivity index is 2.07. The van der Waals surface area contributed by atoms with Crippen molar-refractivity contribution in [1.29, 1.82) is 0 Å². The van der Waals surface area contributed by atoms with Gasteiger partial charge in [-0.1, -0.05) is 30.3 Å². The molecule has 3 rings (SSSR count). The molecule has 0 bridgehead atoms. The fourth-order valence-corrected chi connectivity index (χ4v) is 1.95. The number of aliphatic hydroxyl groups is 1. The number of aliphatic hydroxyl groups excluding tert-OH is 1. The normalized spacial score (nSPS) is 12.8. The second kappa shape index (κ2) is 4.23. The number of nitrogens with zero attached hydrogens (tertiary/aromatic N) is 1. The van der Waals surface area contributed by atoms with Crippen molar-refractivity contribution in [2.24, 2.45) is 0 Å². The molecule has 0 saturated heterocycles. The Morgan fingerprint density at radius 2 is 1.78 bits per heavy atom. The highest BCUT2D eigenvalue weighted by atomic mass is 19.1. The second-order valence-electron chi connectivity index (χ2n) is 4.06. The Labute approximate surface area is 103 Å². The summed E-state index contributed by atoms with van der Waals surface area (Å²) in [5, 5.41) is 10.1. The lowest BCUT2D eigenvalue weighted by atomic mass is 10.1. The monoisotopic (exact) mass is 242 g/mol. The number of benzene rings is 2. The van der Waals surface area contributed by atoms with Crippen LogP contribution in [0.3, 0.4) is 0 Å². The van der Waals surface area contributed by atoms with Gasteiger partial charge in [0.2, 0.25) is 0 Å². The Morgan fingerprint density at radius 3 is 2.56 bits per heavy atom. The molecule has 0 fully saturated rings. The quantitative estimate of drug-likeness (QED) is 0.726. The summed E-state index contributed by atoms with van der Waals surface area (Å²) in [5.41, 5.74) is 1.79. The molecule has 2 aromatic carbocycles. The average molecular weight is 242 g/mol. The van der Waals surface area contributed by atoms with E-state index >= 15 is 0 Å². The lowest BCUT2D eigenvalue weighted by molar-refractivity contribution is 0.206. The van der Waals surface area contributed by atoms with Gasteiger partial charge in [0.25, 0.3) is 0 Å². The molecule has 3 aromatic rings. The van der Waals surface area contributed by atoms with Gasteiger partial charge in [-0.25, -0.2) is 9.37 Å². The van der Waals surface area contributed by atoms with Gasteiger partial charge in [-0.2, -0.15) is 0 Å². The number of aromatic amines is 1. The first-order valence-corrected chi connectivity index (χ1v) is 5.63. The third-order valence-electron chi connectivity index (χ3n) is 2.87. The van der Waals surface area contributed by atoms with Crippen molar-refractivity contribution in [1.82, 2.24) is 9.97 Å². The van der Waals surface area contributed by atoms with Crippen LogP contribution in [0.15, 0.2) is 48.5 Å². The van der Waals surface area contributed by atoms with E-state index in [-0.39, 0.29) is 5.56 Å². The van der Waals surface area contributed by atoms with E-state index in [0.717, 1.165) is 11.0 Å². The standard InChI is InChI=1S/C14H11FN2O/c15-10-6-2-1-5-9(10)13(18)14-16-11-7-3-4-8-12(11)17-14/h1-8,13,18H,(H,16,17). The maximum Gasteiger partial charge on any atom is 0.140 e. The van der Waals surface area contributed by atoms with Crippen LogP contribution in [-0.2, 0) is 0 Å². The van der Waals surface area contributed by atoms with Crippen molar-refractivity contribution in [2.45, 2.75) is 6.10 Å². The zero-order valence-corrected chi connectivity index (χ0v) is 9.47. The van der Waals surface area contributed by atoms with E-state index in [9.17, 15) is 9.50 Å². The minimum atomic E-state index is -1.08. The number of hydrogen-bond donors (Lipinski definition) is 2. The Hall–Kier alpha value is -2.20. The van der Waals surface area contributed by atoms with Crippen molar-refractivity contribution in [3.63, 3.8) is 0 Å². The molecule has 2 N–H and O–H groups in total. The van der Waals surface area contributed by atoms with Gasteiger partial charge in [0, 0.05) is 5.56 Å². The molecule has 0 spiro atoms. The van der Waals surface area contributed by atoms with Gasteiger partial charge in [-0.3, -0.25) is 0 Å². The van der Waals surface area contributed by atoms with Crippen LogP contribution in [0, 0.1) is 5.82 Å². The average Bonchev–Trinajstić information content (AvgIpc) is 2.82. The zero-order chi connectivity index (χ0) is 12.5. The third kappa shape index (κ3) is 1.76. The van der Waals surface area contributed by atoms with Crippen LogP contribution in [0.2, 0.25) is 0 Å². The minimum absolute atomic E-state index is 0.219. The summed E-state index contributed by atoms with van der Waals surface area (Å²) in [5.74, 6) is -0.0910. The molecule has 0 aliphatic carbocycles. The lowest BCUT2D eigenvalue weighted by Crippen LogP contribution is -2.04. The van der Waals surface area contributed by atoms with Crippen molar-refractivity contribution < 1.29 is 9.50 Å². The number of aromatic nitrogens is 2. The van der Waals surface area contributed by atoms with Crippen LogP contribution in [-0.4, -0.2) is 15.1 Å². The predicted octanol–water partition coefficient (Wildman–Crippen LogP) is 2.78. The largest absolute Gasteiger partial charge is 0.380 e. The highest BCUT2D eigenvalue weighted by Crippen LogP contribution is 2.23. The fourth-order valence-electron chi connectivity index (χ4n) is 1.95. The van der Waals surface area contributed by atoms with Crippen molar-refractivity contribution in [3.05, 3.63) is 65.7 Å². The molecule has 0 saturated carbocycles. The first-order chi connectivity index (χ1) is 8.75. The molecule has 90 valence electrons. The number of nitrogens with one attached hydrogen (secondary N) is 1. The Bertz CT molecular complexity index is 660. The van der Waals surface area contributed by atoms with Crippen molar-refractivity contribution in [2.75, 3.05) is 0 Å². The predicted molar refractivity (Wildman–Crippen MR) is 66.6 cm³/mol. The van der Waals surface area contributed by atoms with Crippen molar-refractivity contribution in [3.8, 4) is 0 Å². The highest BCUT2D eigenvalue weighted by Gasteiger charge is 2.17. The number of para-hydroxylation sites is 2. The number of H-pyrrole nitrogens is 1. The summed E-state index contributed by atoms with van der Waals surface area (Å²) in [7, 11) is 0. The summed E-state index contributed by atoms with van der Waals surface area (Å²) in [6.45, 7) is 0. The molecule has 0 aliphatic rings. The Kier molecular flexibility index (Phi) is 2.57. The molecule has 1 atom stereocenters. The molecule has 1 heterocycles. The molecule has 4 heteroatoms. The van der Waals surface area contributed by atoms with E-state index in [0.29, 0.717) is 5.82 Å². The van der Waals surface area contributed by atoms with E-state index in [2.05, 4.69) is 9.97 Å². The number of fused-ring (bicyclic) bond motifs is 1. The maximum atomic E-state index is 13.6. The number of rotatable bonds is 2. The summed E-state index contributed by atoms with van der Waals surface area (Å²) >= 11 is 0. The van der Waals surface area contributed by atoms with Gasteiger partial charge in [-0.15, -0.1) is 0 Å². The maximum absolute atomic E-state index is 13.6. The molecular formula is C14H11FN2O. The number of halogens is 1. The minimum Gasteiger partial charge on any atom is -0.380 e. The van der Waals surface area contributed by atoms with E-state index in [1.54, 1.807) is 18.2 Å². The molecule has 0 radical (unpaired) electrons. The molecular weight excluding hydrogens is 231 g/mol. The van der Waals surface area contributed by atoms with Crippen molar-refractivity contribution >= 4 is 11.0 Å². The van der Waals surface area contributed by atoms with Gasteiger partial charge < -0.3 is 10.1 Å². The second-order valence-corrected chi connectivity index (χ2v) is 4.06. The van der Waals surface area contributed by atoms with Gasteiger partial charge in [0.1, 0.15) is 17.7 Å². The van der Waals surface area contributed by atoms with E-state index in [1.165, 1.54) is 6.07 Å². The highest BCUT2D eigenvalue weighted by molar-refractivity contribution is 5.74. The summed E-state index contributed by atoms with van der Waals surface area (Å²) < 4.78 is 13.6. The van der Waals surface area contributed by atoms with Crippen LogP contribution in [0.5, 0.6) is 0 Å². The summed E-state index contributed by atoms with van der Waals surface area (Å²) in [6, 6.07) is 13.6. The summed E-state index contributed by atoms with van der Waals surface area (Å²) in [6.07, 6.45) is -1.08. The molecule has 18 heavy (non-hydrogen) atoms. The fraction of sp³-hybridized carbons (Fsp3) is 0.0714. The van der Waals surface area contributed by atoms with Crippen LogP contribution in [0.1, 0.15) is 17.5 Å². The SMILES string of the molecule is OC(c1nc2ccccc2[nH]1)c1ccccc1F. The molecule has 1 unspecified atom stereocenters. The topological polar surface area (TPSA) is 48.9 Å². The smallest absolute Gasteiger partial charge is 0.140 e. The first kappa shape index (κ1) is 10.9. The molecule has 3 nitrogen and oxygen atoms in total.